The minimum Gasteiger partial charge on any atom is -0.444 e. The summed E-state index contributed by atoms with van der Waals surface area (Å²) in [5, 5.41) is 3.60. The molecule has 0 aromatic heterocycles. The Morgan fingerprint density at radius 2 is 2.05 bits per heavy atom. The van der Waals surface area contributed by atoms with Crippen molar-refractivity contribution in [3.8, 4) is 0 Å². The number of nitrogens with zero attached hydrogens (tertiary/aromatic N) is 1. The Morgan fingerprint density at radius 1 is 1.37 bits per heavy atom. The third kappa shape index (κ3) is 4.37. The van der Waals surface area contributed by atoms with E-state index in [4.69, 9.17) is 4.74 Å². The number of piperidine rings is 1. The van der Waals surface area contributed by atoms with Gasteiger partial charge in [0.2, 0.25) is 0 Å². The fourth-order valence-electron chi connectivity index (χ4n) is 2.50. The number of carbonyl (C=O) groups excluding carboxylic acids is 1. The quantitative estimate of drug-likeness (QED) is 0.855. The van der Waals surface area contributed by atoms with Crippen LogP contribution in [0.1, 0.15) is 59.8 Å². The van der Waals surface area contributed by atoms with Crippen LogP contribution in [0.2, 0.25) is 0 Å². The zero-order chi connectivity index (χ0) is 14.1. The molecule has 4 heteroatoms. The molecule has 0 aromatic carbocycles. The van der Waals surface area contributed by atoms with Crippen molar-refractivity contribution in [1.82, 2.24) is 10.2 Å². The van der Waals surface area contributed by atoms with Gasteiger partial charge in [-0.15, -0.1) is 0 Å². The lowest BCUT2D eigenvalue weighted by molar-refractivity contribution is 0.00959. The summed E-state index contributed by atoms with van der Waals surface area (Å²) >= 11 is 0. The number of likely N-dealkylation sites (tertiary alicyclic amines) is 1. The normalized spacial score (nSPS) is 26.1. The number of rotatable bonds is 3. The van der Waals surface area contributed by atoms with Gasteiger partial charge in [-0.05, 0) is 59.8 Å². The number of hydrogen-bond acceptors (Lipinski definition) is 3. The summed E-state index contributed by atoms with van der Waals surface area (Å²) in [7, 11) is 0. The molecule has 1 atom stereocenters. The Hall–Kier alpha value is -0.770. The van der Waals surface area contributed by atoms with Crippen LogP contribution in [0.15, 0.2) is 0 Å². The van der Waals surface area contributed by atoms with E-state index < -0.39 is 5.60 Å². The molecule has 1 N–H and O–H groups in total. The molecule has 0 spiro atoms. The Balaban J connectivity index is 1.89. The van der Waals surface area contributed by atoms with E-state index in [0.29, 0.717) is 11.6 Å². The van der Waals surface area contributed by atoms with E-state index in [-0.39, 0.29) is 6.09 Å². The Morgan fingerprint density at radius 3 is 2.63 bits per heavy atom. The van der Waals surface area contributed by atoms with Gasteiger partial charge in [-0.3, -0.25) is 0 Å². The second-order valence-corrected chi connectivity index (χ2v) is 7.26. The highest BCUT2D eigenvalue weighted by Gasteiger charge is 2.38. The van der Waals surface area contributed by atoms with Crippen molar-refractivity contribution in [2.45, 2.75) is 77.0 Å². The average Bonchev–Trinajstić information content (AvgIpc) is 3.03. The molecule has 0 bridgehead atoms. The molecule has 19 heavy (non-hydrogen) atoms. The van der Waals surface area contributed by atoms with Gasteiger partial charge in [0.05, 0.1) is 0 Å². The van der Waals surface area contributed by atoms with Crippen molar-refractivity contribution in [2.24, 2.45) is 0 Å². The van der Waals surface area contributed by atoms with Crippen molar-refractivity contribution < 1.29 is 9.53 Å². The monoisotopic (exact) mass is 268 g/mol. The fraction of sp³-hybridized carbons (Fsp3) is 0.933. The molecule has 2 fully saturated rings. The first-order valence-electron chi connectivity index (χ1n) is 7.54. The minimum atomic E-state index is -0.408. The second kappa shape index (κ2) is 5.31. The number of hydrogen-bond donors (Lipinski definition) is 1. The van der Waals surface area contributed by atoms with Crippen LogP contribution in [0.3, 0.4) is 0 Å². The highest BCUT2D eigenvalue weighted by molar-refractivity contribution is 5.68. The SMILES string of the molecule is CC1(NCC2CCCCN2C(=O)OC(C)(C)C)CC1. The molecule has 1 saturated heterocycles. The first-order chi connectivity index (χ1) is 8.79. The van der Waals surface area contributed by atoms with E-state index in [1.165, 1.54) is 19.3 Å². The molecular formula is C15H28N2O2. The first-order valence-corrected chi connectivity index (χ1v) is 7.54. The molecule has 2 rings (SSSR count). The Kier molecular flexibility index (Phi) is 4.09. The number of carbonyl (C=O) groups is 1. The number of amides is 1. The van der Waals surface area contributed by atoms with Crippen molar-refractivity contribution in [1.29, 1.82) is 0 Å². The largest absolute Gasteiger partial charge is 0.444 e. The maximum Gasteiger partial charge on any atom is 0.410 e. The lowest BCUT2D eigenvalue weighted by Crippen LogP contribution is -2.51. The molecule has 1 aliphatic heterocycles. The van der Waals surface area contributed by atoms with E-state index in [1.807, 2.05) is 25.7 Å². The minimum absolute atomic E-state index is 0.153. The summed E-state index contributed by atoms with van der Waals surface area (Å²) in [6.45, 7) is 9.76. The average molecular weight is 268 g/mol. The molecule has 1 aliphatic carbocycles. The van der Waals surface area contributed by atoms with Crippen molar-refractivity contribution in [2.75, 3.05) is 13.1 Å². The van der Waals surface area contributed by atoms with E-state index in [9.17, 15) is 4.79 Å². The predicted octanol–water partition coefficient (Wildman–Crippen LogP) is 2.92. The van der Waals surface area contributed by atoms with E-state index >= 15 is 0 Å². The lowest BCUT2D eigenvalue weighted by atomic mass is 10.0. The molecule has 1 amide bonds. The topological polar surface area (TPSA) is 41.6 Å². The van der Waals surface area contributed by atoms with Crippen molar-refractivity contribution in [3.05, 3.63) is 0 Å². The van der Waals surface area contributed by atoms with Gasteiger partial charge in [-0.1, -0.05) is 0 Å². The highest BCUT2D eigenvalue weighted by Crippen LogP contribution is 2.34. The molecule has 2 aliphatic rings. The van der Waals surface area contributed by atoms with Crippen LogP contribution in [0, 0.1) is 0 Å². The zero-order valence-electron chi connectivity index (χ0n) is 12.8. The number of ether oxygens (including phenoxy) is 1. The van der Waals surface area contributed by atoms with Crippen LogP contribution in [0.4, 0.5) is 4.79 Å². The summed E-state index contributed by atoms with van der Waals surface area (Å²) in [6.07, 6.45) is 5.75. The molecule has 0 aromatic rings. The summed E-state index contributed by atoms with van der Waals surface area (Å²) in [5.74, 6) is 0. The summed E-state index contributed by atoms with van der Waals surface area (Å²) in [4.78, 5) is 14.2. The lowest BCUT2D eigenvalue weighted by Gasteiger charge is -2.37. The summed E-state index contributed by atoms with van der Waals surface area (Å²) in [5.41, 5.74) is -0.0774. The Bertz CT molecular complexity index is 332. The van der Waals surface area contributed by atoms with Crippen LogP contribution in [0.25, 0.3) is 0 Å². The van der Waals surface area contributed by atoms with Gasteiger partial charge in [0, 0.05) is 24.7 Å². The van der Waals surface area contributed by atoms with Crippen molar-refractivity contribution in [3.63, 3.8) is 0 Å². The maximum absolute atomic E-state index is 12.2. The summed E-state index contributed by atoms with van der Waals surface area (Å²) in [6, 6.07) is 0.293. The smallest absolute Gasteiger partial charge is 0.410 e. The van der Waals surface area contributed by atoms with Gasteiger partial charge in [-0.2, -0.15) is 0 Å². The van der Waals surface area contributed by atoms with Crippen LogP contribution < -0.4 is 5.32 Å². The molecule has 0 radical (unpaired) electrons. The van der Waals surface area contributed by atoms with E-state index in [2.05, 4.69) is 12.2 Å². The molecule has 4 nitrogen and oxygen atoms in total. The van der Waals surface area contributed by atoms with Gasteiger partial charge in [0.1, 0.15) is 5.60 Å². The van der Waals surface area contributed by atoms with Crippen LogP contribution in [-0.4, -0.2) is 41.3 Å². The van der Waals surface area contributed by atoms with Gasteiger partial charge < -0.3 is 15.0 Å². The van der Waals surface area contributed by atoms with Crippen molar-refractivity contribution >= 4 is 6.09 Å². The van der Waals surface area contributed by atoms with E-state index in [1.54, 1.807) is 0 Å². The van der Waals surface area contributed by atoms with Gasteiger partial charge in [-0.25, -0.2) is 4.79 Å². The highest BCUT2D eigenvalue weighted by atomic mass is 16.6. The van der Waals surface area contributed by atoms with E-state index in [0.717, 1.165) is 25.9 Å². The number of nitrogens with one attached hydrogen (secondary N) is 1. The predicted molar refractivity (Wildman–Crippen MR) is 76.2 cm³/mol. The first kappa shape index (κ1) is 14.6. The molecule has 1 saturated carbocycles. The maximum atomic E-state index is 12.2. The molecule has 1 heterocycles. The van der Waals surface area contributed by atoms with Crippen LogP contribution in [0.5, 0.6) is 0 Å². The van der Waals surface area contributed by atoms with Gasteiger partial charge >= 0.3 is 6.09 Å². The van der Waals surface area contributed by atoms with Crippen LogP contribution in [-0.2, 0) is 4.74 Å². The van der Waals surface area contributed by atoms with Gasteiger partial charge in [0.15, 0.2) is 0 Å². The molecule has 1 unspecified atom stereocenters. The summed E-state index contributed by atoms with van der Waals surface area (Å²) < 4.78 is 5.51. The third-order valence-electron chi connectivity index (χ3n) is 4.02. The fourth-order valence-corrected chi connectivity index (χ4v) is 2.50. The molecular weight excluding hydrogens is 240 g/mol. The zero-order valence-corrected chi connectivity index (χ0v) is 12.8. The standard InChI is InChI=1S/C15H28N2O2/c1-14(2,3)19-13(18)17-10-6-5-7-12(17)11-16-15(4)8-9-15/h12,16H,5-11H2,1-4H3. The van der Waals surface area contributed by atoms with Gasteiger partial charge in [0.25, 0.3) is 0 Å². The Labute approximate surface area is 116 Å². The van der Waals surface area contributed by atoms with Crippen LogP contribution >= 0.6 is 0 Å². The molecule has 110 valence electrons. The second-order valence-electron chi connectivity index (χ2n) is 7.26. The third-order valence-corrected chi connectivity index (χ3v) is 4.02.